The molecular formula is C82H118N8O2S9. The SMILES string of the molecule is CN1CCN(C2CCCc3sccc32)CC1.NC1CCCc2sccc21.c1cc2c(s1)CCCC2N1CCCCC1.c1cc2c(s1)CCCC2N1CCCCC1.c1cc2c(s1)CCCC2N1CCOCC1.c1cc2c(s1)CCCC2N1CCSCC1.c1cc2c(s1)SCCC2N1CCOCC1. The van der Waals surface area contributed by atoms with Gasteiger partial charge in [-0.2, -0.15) is 11.8 Å². The van der Waals surface area contributed by atoms with Crippen LogP contribution in [0.1, 0.15) is 232 Å². The predicted octanol–water partition coefficient (Wildman–Crippen LogP) is 19.9. The van der Waals surface area contributed by atoms with E-state index in [1.54, 1.807) is 57.8 Å². The lowest BCUT2D eigenvalue weighted by atomic mass is 9.91. The third kappa shape index (κ3) is 20.2. The molecule has 2 N–H and O–H groups in total. The lowest BCUT2D eigenvalue weighted by molar-refractivity contribution is 0.0126. The van der Waals surface area contributed by atoms with E-state index in [9.17, 15) is 0 Å². The smallest absolute Gasteiger partial charge is 0.0646 e. The zero-order valence-corrected chi connectivity index (χ0v) is 68.2. The summed E-state index contributed by atoms with van der Waals surface area (Å²) in [6.07, 6.45) is 33.9. The Morgan fingerprint density at radius 3 is 0.990 bits per heavy atom. The highest BCUT2D eigenvalue weighted by Crippen LogP contribution is 2.45. The zero-order chi connectivity index (χ0) is 68.4. The Kier molecular flexibility index (Phi) is 29.7. The van der Waals surface area contributed by atoms with Gasteiger partial charge in [0.25, 0.3) is 0 Å². The van der Waals surface area contributed by atoms with Crippen LogP contribution in [0.2, 0.25) is 0 Å². The Hall–Kier alpha value is -1.80. The summed E-state index contributed by atoms with van der Waals surface area (Å²) in [6.45, 7) is 20.9. The zero-order valence-electron chi connectivity index (χ0n) is 60.8. The number of hydrogen-bond donors (Lipinski definition) is 1. The highest BCUT2D eigenvalue weighted by Gasteiger charge is 2.34. The number of hydrogen-bond acceptors (Lipinski definition) is 19. The molecular weight excluding hydrogens is 1420 g/mol. The van der Waals surface area contributed by atoms with Gasteiger partial charge in [0.05, 0.1) is 30.6 Å². The van der Waals surface area contributed by atoms with Crippen molar-refractivity contribution in [3.63, 3.8) is 0 Å². The van der Waals surface area contributed by atoms with Gasteiger partial charge in [-0.15, -0.1) is 91.1 Å². The molecule has 6 fully saturated rings. The Morgan fingerprint density at radius 2 is 0.604 bits per heavy atom. The number of nitrogens with two attached hydrogens (primary N) is 1. The fourth-order valence-electron chi connectivity index (χ4n) is 18.5. The van der Waals surface area contributed by atoms with Crippen molar-refractivity contribution in [3.8, 4) is 0 Å². The van der Waals surface area contributed by atoms with Crippen LogP contribution < -0.4 is 5.73 Å². The van der Waals surface area contributed by atoms with Gasteiger partial charge in [0, 0.05) is 154 Å². The van der Waals surface area contributed by atoms with Crippen LogP contribution in [0.5, 0.6) is 0 Å². The minimum absolute atomic E-state index is 0.329. The number of thioether (sulfide) groups is 2. The number of fused-ring (bicyclic) bond motifs is 7. The number of thiophene rings is 7. The van der Waals surface area contributed by atoms with E-state index in [0.717, 1.165) is 76.8 Å². The molecule has 7 aromatic rings. The van der Waals surface area contributed by atoms with Gasteiger partial charge >= 0.3 is 0 Å². The number of likely N-dealkylation sites (N-methyl/N-ethyl adjacent to an activating group) is 1. The molecule has 7 aliphatic heterocycles. The lowest BCUT2D eigenvalue weighted by Crippen LogP contribution is -2.46. The monoisotopic (exact) mass is 1530 g/mol. The van der Waals surface area contributed by atoms with Gasteiger partial charge in [-0.05, 0) is 300 Å². The molecule has 13 aliphatic rings. The van der Waals surface area contributed by atoms with Crippen molar-refractivity contribution >= 4 is 103 Å². The van der Waals surface area contributed by atoms with Gasteiger partial charge in [-0.1, -0.05) is 12.8 Å². The molecule has 0 bridgehead atoms. The van der Waals surface area contributed by atoms with Crippen molar-refractivity contribution in [2.75, 3.05) is 142 Å². The number of morpholine rings is 2. The van der Waals surface area contributed by atoms with Crippen LogP contribution in [0.15, 0.2) is 84.3 Å². The Labute approximate surface area is 644 Å². The predicted molar refractivity (Wildman–Crippen MR) is 440 cm³/mol. The first-order valence-electron chi connectivity index (χ1n) is 39.7. The number of nitrogens with zero attached hydrogens (tertiary/aromatic N) is 7. The molecule has 0 radical (unpaired) electrons. The molecule has 19 heteroatoms. The summed E-state index contributed by atoms with van der Waals surface area (Å²) >= 11 is 17.7. The van der Waals surface area contributed by atoms with Gasteiger partial charge in [0.2, 0.25) is 0 Å². The van der Waals surface area contributed by atoms with Crippen LogP contribution in [-0.4, -0.2) is 177 Å². The Morgan fingerprint density at radius 1 is 0.297 bits per heavy atom. The van der Waals surface area contributed by atoms with Crippen LogP contribution in [0, 0.1) is 0 Å². The molecule has 6 aliphatic carbocycles. The number of piperazine rings is 1. The minimum Gasteiger partial charge on any atom is -0.379 e. The summed E-state index contributed by atoms with van der Waals surface area (Å²) < 4.78 is 12.4. The highest BCUT2D eigenvalue weighted by molar-refractivity contribution is 8.01. The third-order valence-corrected chi connectivity index (χ3v) is 33.2. The summed E-state index contributed by atoms with van der Waals surface area (Å²) in [5.41, 5.74) is 17.1. The molecule has 14 heterocycles. The third-order valence-electron chi connectivity index (χ3n) is 23.9. The quantitative estimate of drug-likeness (QED) is 0.172. The van der Waals surface area contributed by atoms with Gasteiger partial charge in [-0.3, -0.25) is 29.4 Å². The standard InChI is InChI=1S/C13H20N2S.2C13H19NS.C12H17NOS.C12H17NS2.C11H15NOS2.C8H11NS/c1-14-6-8-15(9-7-14)12-3-2-4-13-11(12)5-10-16-13;2*1-2-8-14(9-3-1)12-5-4-6-13-11(12)7-10-15-13;1-2-11(13-5-7-14-8-6-13)10-4-9-15-12(10)3-1;1-2-11(13-5-8-14-9-6-13)10-4-7-15-12(10)3-1;1-7-14-11-9(1)10(2-8-15-11)12-3-5-13-6-4-12;9-7-2-1-3-8-6(7)4-5-10-8/h5,10,12H,2-4,6-9H2,1H3;2*7,10,12H,1-6,8-9H2;4,9,11H,1-3,5-8H2;4,7,11H,1-3,5-6,8-9H2;1,7,10H,2-6,8H2;4-5,7H,1-3,9H2. The second-order valence-electron chi connectivity index (χ2n) is 30.1. The van der Waals surface area contributed by atoms with E-state index in [0.29, 0.717) is 18.1 Å². The van der Waals surface area contributed by atoms with Gasteiger partial charge in [0.15, 0.2) is 0 Å². The number of rotatable bonds is 6. The van der Waals surface area contributed by atoms with Crippen LogP contribution in [0.25, 0.3) is 0 Å². The maximum absolute atomic E-state index is 5.90. The minimum atomic E-state index is 0.329. The van der Waals surface area contributed by atoms with Gasteiger partial charge in [-0.25, -0.2) is 0 Å². The molecule has 101 heavy (non-hydrogen) atoms. The molecule has 6 saturated heterocycles. The normalized spacial score (nSPS) is 27.3. The van der Waals surface area contributed by atoms with Crippen molar-refractivity contribution < 1.29 is 9.47 Å². The van der Waals surface area contributed by atoms with E-state index >= 15 is 0 Å². The summed E-state index contributed by atoms with van der Waals surface area (Å²) in [6, 6.07) is 21.0. The molecule has 20 rings (SSSR count). The topological polar surface area (TPSA) is 67.2 Å². The van der Waals surface area contributed by atoms with Crippen molar-refractivity contribution in [2.24, 2.45) is 5.73 Å². The molecule has 7 atom stereocenters. The van der Waals surface area contributed by atoms with Crippen molar-refractivity contribution in [2.45, 2.75) is 207 Å². The maximum Gasteiger partial charge on any atom is 0.0646 e. The molecule has 0 spiro atoms. The first kappa shape index (κ1) is 76.0. The fraction of sp³-hybridized carbons (Fsp3) is 0.659. The van der Waals surface area contributed by atoms with E-state index < -0.39 is 0 Å². The van der Waals surface area contributed by atoms with Crippen molar-refractivity contribution in [1.29, 1.82) is 0 Å². The molecule has 0 amide bonds. The van der Waals surface area contributed by atoms with Crippen LogP contribution in [0.3, 0.4) is 0 Å². The Bertz CT molecular complexity index is 3110. The second kappa shape index (κ2) is 39.5. The fourth-order valence-corrected chi connectivity index (χ4v) is 27.6. The average Bonchev–Trinajstić information content (AvgIpc) is 1.77. The van der Waals surface area contributed by atoms with E-state index in [1.165, 1.54) is 258 Å². The molecule has 7 unspecified atom stereocenters. The van der Waals surface area contributed by atoms with Crippen LogP contribution >= 0.6 is 103 Å². The largest absolute Gasteiger partial charge is 0.379 e. The summed E-state index contributed by atoms with van der Waals surface area (Å²) in [5, 5.41) is 15.8. The van der Waals surface area contributed by atoms with Gasteiger partial charge < -0.3 is 20.1 Å². The van der Waals surface area contributed by atoms with Crippen LogP contribution in [0.4, 0.5) is 0 Å². The van der Waals surface area contributed by atoms with Crippen molar-refractivity contribution in [1.82, 2.24) is 34.3 Å². The number of aryl methyl sites for hydroxylation is 6. The number of likely N-dealkylation sites (tertiary alicyclic amines) is 2. The second-order valence-corrected chi connectivity index (χ2v) is 39.6. The van der Waals surface area contributed by atoms with Crippen LogP contribution in [-0.2, 0) is 48.0 Å². The lowest BCUT2D eigenvalue weighted by Gasteiger charge is -2.39. The first-order valence-corrected chi connectivity index (χ1v) is 48.0. The summed E-state index contributed by atoms with van der Waals surface area (Å²) in [7, 11) is 2.23. The molecule has 552 valence electrons. The highest BCUT2D eigenvalue weighted by atomic mass is 32.2. The first-order chi connectivity index (χ1) is 50.0. The van der Waals surface area contributed by atoms with Crippen molar-refractivity contribution in [3.05, 3.63) is 148 Å². The number of piperidine rings is 2. The van der Waals surface area contributed by atoms with E-state index in [1.807, 2.05) is 91.1 Å². The van der Waals surface area contributed by atoms with Gasteiger partial charge in [0.1, 0.15) is 0 Å². The number of ether oxygens (including phenoxy) is 2. The maximum atomic E-state index is 5.90. The average molecular weight is 1540 g/mol. The molecule has 0 saturated carbocycles. The van der Waals surface area contributed by atoms with E-state index in [-0.39, 0.29) is 0 Å². The molecule has 10 nitrogen and oxygen atoms in total. The Balaban J connectivity index is 0.000000100. The van der Waals surface area contributed by atoms with E-state index in [4.69, 9.17) is 15.2 Å². The summed E-state index contributed by atoms with van der Waals surface area (Å²) in [4.78, 5) is 28.3. The van der Waals surface area contributed by atoms with E-state index in [2.05, 4.69) is 133 Å². The summed E-state index contributed by atoms with van der Waals surface area (Å²) in [5.74, 6) is 3.93. The molecule has 0 aromatic carbocycles. The molecule has 7 aromatic heterocycles.